The predicted molar refractivity (Wildman–Crippen MR) is 110 cm³/mol. The fraction of sp³-hybridized carbons (Fsp3) is 0.682. The zero-order chi connectivity index (χ0) is 18.3. The molecule has 25 heavy (non-hydrogen) atoms. The molecule has 3 rings (SSSR count). The van der Waals surface area contributed by atoms with Gasteiger partial charge in [-0.05, 0) is 38.3 Å². The summed E-state index contributed by atoms with van der Waals surface area (Å²) in [4.78, 5) is 11.2. The SMILES string of the molecule is C1CCCC1.CC(=O)O[C@H](C)C1CCCC1[P+](C)(C)c1ccccc1. The number of carbonyl (C=O) groups excluding carboxylic acids is 1. The molecule has 0 aromatic heterocycles. The van der Waals surface area contributed by atoms with Crippen LogP contribution >= 0.6 is 7.26 Å². The van der Waals surface area contributed by atoms with E-state index in [-0.39, 0.29) is 12.1 Å². The van der Waals surface area contributed by atoms with Crippen LogP contribution in [-0.2, 0) is 9.53 Å². The molecule has 2 fully saturated rings. The van der Waals surface area contributed by atoms with Gasteiger partial charge in [0.2, 0.25) is 0 Å². The van der Waals surface area contributed by atoms with E-state index in [1.165, 1.54) is 63.6 Å². The third kappa shape index (κ3) is 5.81. The van der Waals surface area contributed by atoms with Crippen molar-refractivity contribution in [1.29, 1.82) is 0 Å². The second-order valence-electron chi connectivity index (χ2n) is 8.12. The first kappa shape index (κ1) is 20.4. The normalized spacial score (nSPS) is 24.3. The van der Waals surface area contributed by atoms with E-state index in [0.29, 0.717) is 11.6 Å². The molecule has 1 aromatic rings. The molecule has 2 aliphatic carbocycles. The summed E-state index contributed by atoms with van der Waals surface area (Å²) < 4.78 is 5.47. The van der Waals surface area contributed by atoms with Gasteiger partial charge < -0.3 is 4.74 Å². The Morgan fingerprint density at radius 1 is 1.00 bits per heavy atom. The summed E-state index contributed by atoms with van der Waals surface area (Å²) in [6.07, 6.45) is 11.3. The molecule has 0 bridgehead atoms. The topological polar surface area (TPSA) is 26.3 Å². The van der Waals surface area contributed by atoms with Crippen molar-refractivity contribution in [2.75, 3.05) is 13.3 Å². The van der Waals surface area contributed by atoms with E-state index >= 15 is 0 Å². The molecule has 2 saturated carbocycles. The number of hydrogen-bond donors (Lipinski definition) is 0. The Kier molecular flexibility index (Phi) is 7.94. The monoisotopic (exact) mass is 363 g/mol. The molecule has 3 heteroatoms. The Morgan fingerprint density at radius 3 is 2.08 bits per heavy atom. The molecular formula is C22H36O2P+. The van der Waals surface area contributed by atoms with E-state index in [2.05, 4.69) is 50.6 Å². The summed E-state index contributed by atoms with van der Waals surface area (Å²) >= 11 is 0. The van der Waals surface area contributed by atoms with Gasteiger partial charge in [0.1, 0.15) is 6.10 Å². The maximum absolute atomic E-state index is 11.2. The van der Waals surface area contributed by atoms with Crippen molar-refractivity contribution in [2.45, 2.75) is 77.0 Å². The van der Waals surface area contributed by atoms with Gasteiger partial charge in [0.05, 0.1) is 24.3 Å². The second-order valence-corrected chi connectivity index (χ2v) is 12.4. The summed E-state index contributed by atoms with van der Waals surface area (Å²) in [7, 11) is -1.19. The Hall–Kier alpha value is -0.880. The van der Waals surface area contributed by atoms with Crippen LogP contribution in [0.5, 0.6) is 0 Å². The number of benzene rings is 1. The largest absolute Gasteiger partial charge is 0.462 e. The van der Waals surface area contributed by atoms with Crippen LogP contribution in [0.2, 0.25) is 0 Å². The lowest BCUT2D eigenvalue weighted by atomic mass is 10.0. The summed E-state index contributed by atoms with van der Waals surface area (Å²) in [6, 6.07) is 10.9. The molecule has 0 amide bonds. The third-order valence-corrected chi connectivity index (χ3v) is 9.92. The van der Waals surface area contributed by atoms with Crippen LogP contribution in [-0.4, -0.2) is 31.1 Å². The minimum absolute atomic E-state index is 0.0444. The first-order chi connectivity index (χ1) is 11.9. The van der Waals surface area contributed by atoms with Gasteiger partial charge >= 0.3 is 5.97 Å². The fourth-order valence-corrected chi connectivity index (χ4v) is 8.06. The maximum Gasteiger partial charge on any atom is 0.302 e. The van der Waals surface area contributed by atoms with Crippen LogP contribution in [0.3, 0.4) is 0 Å². The van der Waals surface area contributed by atoms with Gasteiger partial charge in [0.15, 0.2) is 0 Å². The standard InChI is InChI=1S/C17H26O2P.C5H10/c1-13(19-14(2)18)16-11-8-12-17(16)20(3,4)15-9-6-5-7-10-15;1-2-4-5-3-1/h5-7,9-10,13,16-17H,8,11-12H2,1-4H3;1-5H2/q+1;/t13-,16?,17?;/m1./s1. The second kappa shape index (κ2) is 9.72. The molecule has 0 saturated heterocycles. The van der Waals surface area contributed by atoms with Gasteiger partial charge in [-0.25, -0.2) is 0 Å². The molecule has 0 heterocycles. The average molecular weight is 364 g/mol. The Bertz CT molecular complexity index is 514. The van der Waals surface area contributed by atoms with Gasteiger partial charge in [0, 0.05) is 20.1 Å². The zero-order valence-electron chi connectivity index (χ0n) is 16.5. The van der Waals surface area contributed by atoms with E-state index in [4.69, 9.17) is 4.74 Å². The summed E-state index contributed by atoms with van der Waals surface area (Å²) in [5.74, 6) is 0.362. The van der Waals surface area contributed by atoms with E-state index in [1.54, 1.807) is 0 Å². The lowest BCUT2D eigenvalue weighted by Gasteiger charge is -2.32. The molecule has 2 aliphatic rings. The van der Waals surface area contributed by atoms with E-state index in [0.717, 1.165) is 0 Å². The van der Waals surface area contributed by atoms with E-state index in [9.17, 15) is 4.79 Å². The molecule has 3 atom stereocenters. The molecule has 0 radical (unpaired) electrons. The van der Waals surface area contributed by atoms with E-state index < -0.39 is 7.26 Å². The van der Waals surface area contributed by atoms with Crippen LogP contribution in [0, 0.1) is 5.92 Å². The molecule has 1 aromatic carbocycles. The molecule has 0 aliphatic heterocycles. The van der Waals surface area contributed by atoms with Crippen LogP contribution in [0.25, 0.3) is 0 Å². The lowest BCUT2D eigenvalue weighted by molar-refractivity contribution is -0.147. The summed E-state index contributed by atoms with van der Waals surface area (Å²) in [5, 5.41) is 1.49. The minimum atomic E-state index is -1.19. The Balaban J connectivity index is 0.000000386. The average Bonchev–Trinajstić information content (AvgIpc) is 3.29. The highest BCUT2D eigenvalue weighted by atomic mass is 31.2. The maximum atomic E-state index is 11.2. The third-order valence-electron chi connectivity index (χ3n) is 5.99. The number of esters is 1. The molecule has 0 spiro atoms. The van der Waals surface area contributed by atoms with E-state index in [1.807, 2.05) is 0 Å². The molecule has 2 nitrogen and oxygen atoms in total. The van der Waals surface area contributed by atoms with Crippen LogP contribution in [0.1, 0.15) is 65.2 Å². The smallest absolute Gasteiger partial charge is 0.302 e. The van der Waals surface area contributed by atoms with Gasteiger partial charge in [-0.15, -0.1) is 0 Å². The Labute approximate surface area is 155 Å². The van der Waals surface area contributed by atoms with Crippen molar-refractivity contribution >= 4 is 18.5 Å². The van der Waals surface area contributed by atoms with Crippen molar-refractivity contribution in [1.82, 2.24) is 0 Å². The first-order valence-electron chi connectivity index (χ1n) is 9.99. The first-order valence-corrected chi connectivity index (χ1v) is 12.7. The van der Waals surface area contributed by atoms with Gasteiger partial charge in [-0.2, -0.15) is 0 Å². The minimum Gasteiger partial charge on any atom is -0.462 e. The Morgan fingerprint density at radius 2 is 1.56 bits per heavy atom. The highest BCUT2D eigenvalue weighted by Gasteiger charge is 2.48. The van der Waals surface area contributed by atoms with Crippen molar-refractivity contribution in [3.63, 3.8) is 0 Å². The lowest BCUT2D eigenvalue weighted by Crippen LogP contribution is -2.33. The van der Waals surface area contributed by atoms with Crippen molar-refractivity contribution in [3.05, 3.63) is 30.3 Å². The molecule has 0 N–H and O–H groups in total. The predicted octanol–water partition coefficient (Wildman–Crippen LogP) is 5.66. The molecular weight excluding hydrogens is 327 g/mol. The number of ether oxygens (including phenoxy) is 1. The summed E-state index contributed by atoms with van der Waals surface area (Å²) in [5.41, 5.74) is 0.680. The van der Waals surface area contributed by atoms with Crippen LogP contribution in [0.4, 0.5) is 0 Å². The fourth-order valence-electron chi connectivity index (χ4n) is 4.55. The number of rotatable bonds is 4. The highest BCUT2D eigenvalue weighted by Crippen LogP contribution is 2.62. The van der Waals surface area contributed by atoms with Gasteiger partial charge in [0.25, 0.3) is 0 Å². The van der Waals surface area contributed by atoms with Gasteiger partial charge in [-0.1, -0.05) is 50.3 Å². The zero-order valence-corrected chi connectivity index (χ0v) is 17.4. The highest BCUT2D eigenvalue weighted by molar-refractivity contribution is 7.82. The van der Waals surface area contributed by atoms with Crippen LogP contribution < -0.4 is 5.30 Å². The van der Waals surface area contributed by atoms with Crippen molar-refractivity contribution in [3.8, 4) is 0 Å². The molecule has 2 unspecified atom stereocenters. The number of hydrogen-bond acceptors (Lipinski definition) is 2. The van der Waals surface area contributed by atoms with Crippen LogP contribution in [0.15, 0.2) is 30.3 Å². The van der Waals surface area contributed by atoms with Crippen molar-refractivity contribution < 1.29 is 9.53 Å². The quantitative estimate of drug-likeness (QED) is 0.510. The molecule has 140 valence electrons. The summed E-state index contributed by atoms with van der Waals surface area (Å²) in [6.45, 7) is 8.45. The number of carbonyl (C=O) groups is 1. The van der Waals surface area contributed by atoms with Crippen molar-refractivity contribution in [2.24, 2.45) is 5.92 Å². The van der Waals surface area contributed by atoms with Gasteiger partial charge in [-0.3, -0.25) is 4.79 Å².